The number of amides is 1. The Hall–Kier alpha value is -0.100. The molecule has 0 aliphatic heterocycles. The van der Waals surface area contributed by atoms with E-state index < -0.39 is 0 Å². The Kier molecular flexibility index (Phi) is 27.2. The van der Waals surface area contributed by atoms with Crippen molar-refractivity contribution in [2.45, 2.75) is 129 Å². The van der Waals surface area contributed by atoms with E-state index in [0.29, 0.717) is 6.42 Å². The molecule has 192 valence electrons. The maximum absolute atomic E-state index is 11.8. The van der Waals surface area contributed by atoms with Crippen molar-refractivity contribution in [3.05, 3.63) is 12.2 Å². The second-order valence-corrected chi connectivity index (χ2v) is 10.5. The van der Waals surface area contributed by atoms with E-state index in [9.17, 15) is 4.79 Å². The highest BCUT2D eigenvalue weighted by Gasteiger charge is 2.06. The molecule has 0 unspecified atom stereocenters. The number of halogens is 1. The molecule has 0 aliphatic rings. The van der Waals surface area contributed by atoms with Gasteiger partial charge in [-0.05, 0) is 32.1 Å². The highest BCUT2D eigenvalue weighted by molar-refractivity contribution is 5.75. The molecule has 3 nitrogen and oxygen atoms in total. The quantitative estimate of drug-likeness (QED) is 0.0822. The Bertz CT molecular complexity index is 418. The molecule has 0 aromatic rings. The number of hydrogen-bond acceptors (Lipinski definition) is 1. The third-order valence-corrected chi connectivity index (χ3v) is 5.99. The molecule has 0 aromatic heterocycles. The smallest absolute Gasteiger partial charge is 0.219 e. The van der Waals surface area contributed by atoms with Crippen molar-refractivity contribution >= 4 is 5.91 Å². The monoisotopic (exact) mass is 564 g/mol. The minimum Gasteiger partial charge on any atom is -1.00 e. The van der Waals surface area contributed by atoms with Crippen LogP contribution in [0.3, 0.4) is 0 Å². The fourth-order valence-corrected chi connectivity index (χ4v) is 3.93. The van der Waals surface area contributed by atoms with Crippen LogP contribution >= 0.6 is 0 Å². The number of hydrogen-bond donors (Lipinski definition) is 1. The van der Waals surface area contributed by atoms with Gasteiger partial charge < -0.3 is 33.8 Å². The van der Waals surface area contributed by atoms with Crippen molar-refractivity contribution in [3.63, 3.8) is 0 Å². The Balaban J connectivity index is 0. The normalized spacial score (nSPS) is 11.6. The minimum absolute atomic E-state index is 0. The first-order valence-corrected chi connectivity index (χ1v) is 13.7. The summed E-state index contributed by atoms with van der Waals surface area (Å²) in [6.45, 7) is 4.21. The number of allylic oxidation sites excluding steroid dienone is 2. The molecule has 0 rings (SSSR count). The van der Waals surface area contributed by atoms with E-state index in [-0.39, 0.29) is 29.9 Å². The van der Waals surface area contributed by atoms with Gasteiger partial charge in [0, 0.05) is 19.4 Å². The van der Waals surface area contributed by atoms with Gasteiger partial charge in [-0.25, -0.2) is 0 Å². The van der Waals surface area contributed by atoms with Gasteiger partial charge in [0.1, 0.15) is 0 Å². The number of unbranched alkanes of at least 4 members (excludes halogenated alkanes) is 15. The van der Waals surface area contributed by atoms with Gasteiger partial charge in [0.05, 0.1) is 27.7 Å². The standard InChI is InChI=1S/C28H56N2O.HI/c1-5-6-7-8-9-10-11-12-13-14-15-16-17-18-19-20-21-22-23-25-28(31)29-26-24-27-30(2,3)4;/h12-13H,5-11,14-27H2,1-4H3;1H/b13-12-;. The van der Waals surface area contributed by atoms with Crippen LogP contribution in [0.2, 0.25) is 0 Å². The fraction of sp³-hybridized carbons (Fsp3) is 0.893. The molecule has 0 radical (unpaired) electrons. The third-order valence-electron chi connectivity index (χ3n) is 5.99. The van der Waals surface area contributed by atoms with Crippen molar-refractivity contribution < 1.29 is 33.3 Å². The lowest BCUT2D eigenvalue weighted by Crippen LogP contribution is -3.00. The molecule has 0 spiro atoms. The Morgan fingerprint density at radius 3 is 1.56 bits per heavy atom. The van der Waals surface area contributed by atoms with Gasteiger partial charge in [0.15, 0.2) is 0 Å². The number of nitrogens with zero attached hydrogens (tertiary/aromatic N) is 1. The molecule has 1 N–H and O–H groups in total. The predicted octanol–water partition coefficient (Wildman–Crippen LogP) is 4.80. The summed E-state index contributed by atoms with van der Waals surface area (Å²) >= 11 is 0. The van der Waals surface area contributed by atoms with Gasteiger partial charge in [-0.3, -0.25) is 4.79 Å². The highest BCUT2D eigenvalue weighted by atomic mass is 127. The first-order chi connectivity index (χ1) is 15.0. The molecule has 0 aromatic carbocycles. The fourth-order valence-electron chi connectivity index (χ4n) is 3.93. The van der Waals surface area contributed by atoms with E-state index in [1.54, 1.807) is 0 Å². The largest absolute Gasteiger partial charge is 1.00 e. The lowest BCUT2D eigenvalue weighted by molar-refractivity contribution is -0.870. The SMILES string of the molecule is CCCCCCCC/C=C\CCCCCCCCCCCC(=O)NCCC[N+](C)(C)C.[I-]. The molecule has 0 saturated carbocycles. The van der Waals surface area contributed by atoms with Crippen molar-refractivity contribution in [2.75, 3.05) is 34.2 Å². The zero-order chi connectivity index (χ0) is 23.0. The lowest BCUT2D eigenvalue weighted by atomic mass is 10.1. The van der Waals surface area contributed by atoms with Crippen molar-refractivity contribution in [2.24, 2.45) is 0 Å². The van der Waals surface area contributed by atoms with Gasteiger partial charge >= 0.3 is 0 Å². The Labute approximate surface area is 219 Å². The summed E-state index contributed by atoms with van der Waals surface area (Å²) in [4.78, 5) is 11.8. The summed E-state index contributed by atoms with van der Waals surface area (Å²) in [7, 11) is 6.58. The van der Waals surface area contributed by atoms with Crippen LogP contribution in [0.4, 0.5) is 0 Å². The van der Waals surface area contributed by atoms with Gasteiger partial charge in [-0.2, -0.15) is 0 Å². The first kappa shape index (κ1) is 34.1. The third kappa shape index (κ3) is 29.9. The Morgan fingerprint density at radius 1 is 0.656 bits per heavy atom. The molecule has 0 fully saturated rings. The molecule has 4 heteroatoms. The summed E-state index contributed by atoms with van der Waals surface area (Å²) in [5.74, 6) is 0.238. The van der Waals surface area contributed by atoms with Crippen LogP contribution in [-0.4, -0.2) is 44.6 Å². The molecule has 0 bridgehead atoms. The molecule has 32 heavy (non-hydrogen) atoms. The second-order valence-electron chi connectivity index (χ2n) is 10.5. The summed E-state index contributed by atoms with van der Waals surface area (Å²) < 4.78 is 0.965. The molecule has 0 heterocycles. The van der Waals surface area contributed by atoms with E-state index in [4.69, 9.17) is 0 Å². The average Bonchev–Trinajstić information content (AvgIpc) is 2.72. The van der Waals surface area contributed by atoms with E-state index >= 15 is 0 Å². The average molecular weight is 565 g/mol. The summed E-state index contributed by atoms with van der Waals surface area (Å²) in [6, 6.07) is 0. The summed E-state index contributed by atoms with van der Waals surface area (Å²) in [5, 5.41) is 3.06. The lowest BCUT2D eigenvalue weighted by Gasteiger charge is -2.23. The number of nitrogens with one attached hydrogen (secondary N) is 1. The maximum Gasteiger partial charge on any atom is 0.219 e. The molecule has 0 aliphatic carbocycles. The van der Waals surface area contributed by atoms with Gasteiger partial charge in [0.2, 0.25) is 5.91 Å². The van der Waals surface area contributed by atoms with Crippen molar-refractivity contribution in [1.29, 1.82) is 0 Å². The maximum atomic E-state index is 11.8. The van der Waals surface area contributed by atoms with E-state index in [1.807, 2.05) is 0 Å². The highest BCUT2D eigenvalue weighted by Crippen LogP contribution is 2.12. The summed E-state index contributed by atoms with van der Waals surface area (Å²) in [6.07, 6.45) is 29.3. The van der Waals surface area contributed by atoms with Crippen molar-refractivity contribution in [3.8, 4) is 0 Å². The topological polar surface area (TPSA) is 29.1 Å². The van der Waals surface area contributed by atoms with Crippen LogP contribution in [0.1, 0.15) is 129 Å². The second kappa shape index (κ2) is 25.5. The zero-order valence-electron chi connectivity index (χ0n) is 22.2. The minimum atomic E-state index is 0. The van der Waals surface area contributed by atoms with Crippen LogP contribution in [0.5, 0.6) is 0 Å². The van der Waals surface area contributed by atoms with Crippen LogP contribution in [0.25, 0.3) is 0 Å². The van der Waals surface area contributed by atoms with Crippen molar-refractivity contribution in [1.82, 2.24) is 5.32 Å². The van der Waals surface area contributed by atoms with E-state index in [0.717, 1.165) is 30.4 Å². The number of carbonyl (C=O) groups is 1. The first-order valence-electron chi connectivity index (χ1n) is 13.7. The molecular weight excluding hydrogens is 507 g/mol. The zero-order valence-corrected chi connectivity index (χ0v) is 24.4. The molecule has 0 atom stereocenters. The van der Waals surface area contributed by atoms with Crippen LogP contribution in [0, 0.1) is 0 Å². The number of carbonyl (C=O) groups excluding carboxylic acids is 1. The summed E-state index contributed by atoms with van der Waals surface area (Å²) in [5.41, 5.74) is 0. The van der Waals surface area contributed by atoms with Gasteiger partial charge in [-0.15, -0.1) is 0 Å². The van der Waals surface area contributed by atoms with Gasteiger partial charge in [-0.1, -0.05) is 96.1 Å². The van der Waals surface area contributed by atoms with Crippen LogP contribution < -0.4 is 29.3 Å². The molecular formula is C28H57IN2O. The van der Waals surface area contributed by atoms with Crippen LogP contribution in [-0.2, 0) is 4.79 Å². The number of quaternary nitrogens is 1. The van der Waals surface area contributed by atoms with E-state index in [2.05, 4.69) is 45.5 Å². The van der Waals surface area contributed by atoms with Crippen LogP contribution in [0.15, 0.2) is 12.2 Å². The number of rotatable bonds is 23. The molecule has 1 amide bonds. The van der Waals surface area contributed by atoms with Gasteiger partial charge in [0.25, 0.3) is 0 Å². The molecule has 0 saturated heterocycles. The van der Waals surface area contributed by atoms with E-state index in [1.165, 1.54) is 103 Å². The predicted molar refractivity (Wildman–Crippen MR) is 138 cm³/mol. The Morgan fingerprint density at radius 2 is 1.09 bits per heavy atom.